The fraction of sp³-hybridized carbons (Fsp3) is 0.423. The van der Waals surface area contributed by atoms with Gasteiger partial charge in [0, 0.05) is 24.2 Å². The van der Waals surface area contributed by atoms with Gasteiger partial charge in [0.2, 0.25) is 0 Å². The second-order valence-electron chi connectivity index (χ2n) is 9.54. The molecule has 0 amide bonds. The lowest BCUT2D eigenvalue weighted by molar-refractivity contribution is 0.306. The highest BCUT2D eigenvalue weighted by molar-refractivity contribution is 6.83. The molecule has 0 atom stereocenters. The number of ether oxygens (including phenoxy) is 1. The smallest absolute Gasteiger partial charge is 0.129 e. The quantitative estimate of drug-likeness (QED) is 0.352. The van der Waals surface area contributed by atoms with Gasteiger partial charge in [0.25, 0.3) is 0 Å². The van der Waals surface area contributed by atoms with Gasteiger partial charge < -0.3 is 4.74 Å². The Morgan fingerprint density at radius 3 is 2.57 bits per heavy atom. The highest BCUT2D eigenvalue weighted by Crippen LogP contribution is 2.38. The summed E-state index contributed by atoms with van der Waals surface area (Å²) in [6, 6.07) is 14.5. The number of hydrogen-bond acceptors (Lipinski definition) is 2. The van der Waals surface area contributed by atoms with Gasteiger partial charge >= 0.3 is 0 Å². The second-order valence-corrected chi connectivity index (χ2v) is 14.3. The Bertz CT molecular complexity index is 1030. The van der Waals surface area contributed by atoms with E-state index in [0.717, 1.165) is 18.1 Å². The van der Waals surface area contributed by atoms with E-state index in [2.05, 4.69) is 60.6 Å². The van der Waals surface area contributed by atoms with Gasteiger partial charge in [-0.05, 0) is 49.1 Å². The number of nitrogens with zero attached hydrogens (tertiary/aromatic N) is 2. The Morgan fingerprint density at radius 2 is 1.83 bits per heavy atom. The molecule has 30 heavy (non-hydrogen) atoms. The van der Waals surface area contributed by atoms with Crippen LogP contribution in [0.4, 0.5) is 0 Å². The minimum Gasteiger partial charge on any atom is -0.489 e. The lowest BCUT2D eigenvalue weighted by Gasteiger charge is -2.27. The molecule has 1 aromatic carbocycles. The summed E-state index contributed by atoms with van der Waals surface area (Å²) < 4.78 is 8.03. The summed E-state index contributed by atoms with van der Waals surface area (Å²) in [6.07, 6.45) is 10.1. The first-order chi connectivity index (χ1) is 14.5. The maximum atomic E-state index is 6.05. The lowest BCUT2D eigenvalue weighted by Crippen LogP contribution is -2.17. The van der Waals surface area contributed by atoms with Crippen molar-refractivity contribution in [1.29, 1.82) is 0 Å². The van der Waals surface area contributed by atoms with Crippen molar-refractivity contribution in [3.63, 3.8) is 0 Å². The van der Waals surface area contributed by atoms with E-state index in [1.807, 2.05) is 35.0 Å². The molecule has 0 N–H and O–H groups in total. The highest BCUT2D eigenvalue weighted by atomic mass is 28.3. The molecule has 2 aromatic heterocycles. The van der Waals surface area contributed by atoms with Crippen molar-refractivity contribution < 1.29 is 4.74 Å². The summed E-state index contributed by atoms with van der Waals surface area (Å²) in [5, 5.41) is 4.59. The third-order valence-corrected chi connectivity index (χ3v) is 6.84. The topological polar surface area (TPSA) is 26.5 Å². The van der Waals surface area contributed by atoms with Crippen LogP contribution in [-0.4, -0.2) is 17.7 Å². The zero-order chi connectivity index (χ0) is 21.0. The molecule has 1 saturated carbocycles. The zero-order valence-electron chi connectivity index (χ0n) is 18.4. The van der Waals surface area contributed by atoms with Gasteiger partial charge in [-0.1, -0.05) is 50.0 Å². The molecule has 0 saturated heterocycles. The van der Waals surface area contributed by atoms with Gasteiger partial charge in [-0.25, -0.2) is 4.52 Å². The van der Waals surface area contributed by atoms with E-state index in [9.17, 15) is 0 Å². The third kappa shape index (κ3) is 5.34. The normalized spacial score (nSPS) is 19.3. The van der Waals surface area contributed by atoms with Crippen LogP contribution in [0.25, 0.3) is 5.52 Å². The van der Waals surface area contributed by atoms with E-state index in [-0.39, 0.29) is 0 Å². The second kappa shape index (κ2) is 9.10. The minimum absolute atomic E-state index is 0.587. The molecule has 3 aromatic rings. The summed E-state index contributed by atoms with van der Waals surface area (Å²) in [5.74, 6) is 5.75. The number of rotatable bonds is 5. The van der Waals surface area contributed by atoms with Gasteiger partial charge in [-0.15, -0.1) is 11.5 Å². The minimum atomic E-state index is -1.25. The molecule has 3 nitrogen and oxygen atoms in total. The van der Waals surface area contributed by atoms with Crippen LogP contribution in [0, 0.1) is 17.4 Å². The van der Waals surface area contributed by atoms with Gasteiger partial charge in [0.1, 0.15) is 20.4 Å². The summed E-state index contributed by atoms with van der Waals surface area (Å²) in [5.41, 5.74) is 7.26. The van der Waals surface area contributed by atoms with Crippen molar-refractivity contribution in [3.8, 4) is 17.2 Å². The van der Waals surface area contributed by atoms with E-state index in [0.29, 0.717) is 12.5 Å². The highest BCUT2D eigenvalue weighted by Gasteiger charge is 2.24. The van der Waals surface area contributed by atoms with Gasteiger partial charge in [-0.3, -0.25) is 0 Å². The largest absolute Gasteiger partial charge is 0.489 e. The molecule has 0 aliphatic heterocycles. The molecule has 156 valence electrons. The van der Waals surface area contributed by atoms with E-state index in [1.54, 1.807) is 0 Å². The number of benzene rings is 1. The Kier molecular flexibility index (Phi) is 6.29. The van der Waals surface area contributed by atoms with Gasteiger partial charge in [-0.2, -0.15) is 5.10 Å². The average molecular weight is 417 g/mol. The van der Waals surface area contributed by atoms with Crippen molar-refractivity contribution in [3.05, 3.63) is 66.0 Å². The zero-order valence-corrected chi connectivity index (χ0v) is 19.4. The van der Waals surface area contributed by atoms with E-state index < -0.39 is 8.07 Å². The third-order valence-electron chi connectivity index (χ3n) is 5.91. The molecule has 2 heterocycles. The molecule has 0 radical (unpaired) electrons. The Hall–Kier alpha value is -2.51. The average Bonchev–Trinajstić information content (AvgIpc) is 3.16. The summed E-state index contributed by atoms with van der Waals surface area (Å²) in [6.45, 7) is 7.55. The van der Waals surface area contributed by atoms with E-state index in [1.165, 1.54) is 42.3 Å². The molecule has 0 unspecified atom stereocenters. The van der Waals surface area contributed by atoms with Gasteiger partial charge in [0.15, 0.2) is 0 Å². The Morgan fingerprint density at radius 1 is 1.07 bits per heavy atom. The first kappa shape index (κ1) is 20.7. The summed E-state index contributed by atoms with van der Waals surface area (Å²) >= 11 is 0. The van der Waals surface area contributed by atoms with Crippen LogP contribution in [0.15, 0.2) is 54.9 Å². The predicted octanol–water partition coefficient (Wildman–Crippen LogP) is 6.46. The van der Waals surface area contributed by atoms with Crippen LogP contribution in [0.5, 0.6) is 5.75 Å². The fourth-order valence-corrected chi connectivity index (χ4v) is 4.90. The number of aromatic nitrogens is 2. The van der Waals surface area contributed by atoms with Crippen molar-refractivity contribution in [2.45, 2.75) is 64.3 Å². The number of pyridine rings is 1. The molecular weight excluding hydrogens is 384 g/mol. The van der Waals surface area contributed by atoms with Crippen LogP contribution in [0.1, 0.15) is 49.1 Å². The molecule has 4 rings (SSSR count). The molecule has 0 bridgehead atoms. The standard InChI is InChI=1S/C26H32N2OSi/c1-30(2,3)17-7-10-21-11-13-23(14-12-21)25-19-27-28-16-15-24(18-26(25)28)29-20-22-8-5-4-6-9-22/h4-6,8-9,15-16,18-19,21,23H,10-14,20H2,1-3H3/t21-,23-. The molecular formula is C26H32N2OSi. The van der Waals surface area contributed by atoms with Crippen LogP contribution >= 0.6 is 0 Å². The first-order valence-corrected chi connectivity index (χ1v) is 14.6. The lowest BCUT2D eigenvalue weighted by atomic mass is 9.78. The van der Waals surface area contributed by atoms with E-state index >= 15 is 0 Å². The Balaban J connectivity index is 1.40. The summed E-state index contributed by atoms with van der Waals surface area (Å²) in [4.78, 5) is 0. The van der Waals surface area contributed by atoms with Gasteiger partial charge in [0.05, 0.1) is 11.7 Å². The Labute approximate surface area is 181 Å². The monoisotopic (exact) mass is 416 g/mol. The predicted molar refractivity (Wildman–Crippen MR) is 126 cm³/mol. The van der Waals surface area contributed by atoms with E-state index in [4.69, 9.17) is 4.74 Å². The van der Waals surface area contributed by atoms with Crippen LogP contribution in [0.2, 0.25) is 19.6 Å². The molecule has 1 fully saturated rings. The maximum absolute atomic E-state index is 6.05. The van der Waals surface area contributed by atoms with Crippen molar-refractivity contribution in [1.82, 2.24) is 9.61 Å². The number of fused-ring (bicyclic) bond motifs is 1. The molecule has 0 spiro atoms. The fourth-order valence-electron chi connectivity index (χ4n) is 4.26. The molecule has 1 aliphatic rings. The van der Waals surface area contributed by atoms with Crippen molar-refractivity contribution in [2.75, 3.05) is 0 Å². The van der Waals surface area contributed by atoms with Crippen LogP contribution in [-0.2, 0) is 6.61 Å². The van der Waals surface area contributed by atoms with Crippen LogP contribution < -0.4 is 4.74 Å². The van der Waals surface area contributed by atoms with Crippen molar-refractivity contribution in [2.24, 2.45) is 5.92 Å². The van der Waals surface area contributed by atoms with Crippen molar-refractivity contribution >= 4 is 13.6 Å². The number of hydrogen-bond donors (Lipinski definition) is 0. The summed E-state index contributed by atoms with van der Waals surface area (Å²) in [7, 11) is -1.25. The molecule has 1 aliphatic carbocycles. The van der Waals surface area contributed by atoms with Crippen LogP contribution in [0.3, 0.4) is 0 Å². The SMILES string of the molecule is C[Si](C)(C)C#CC[C@H]1CC[C@H](c2cnn3ccc(OCc4ccccc4)cc23)CC1. The first-order valence-electron chi connectivity index (χ1n) is 11.1. The molecule has 4 heteroatoms. The maximum Gasteiger partial charge on any atom is 0.129 e.